The number of halogens is 2. The van der Waals surface area contributed by atoms with Gasteiger partial charge in [-0.15, -0.1) is 10.2 Å². The number of nitrogens with one attached hydrogen (secondary N) is 1. The predicted molar refractivity (Wildman–Crippen MR) is 81.9 cm³/mol. The highest BCUT2D eigenvalue weighted by Crippen LogP contribution is 2.37. The van der Waals surface area contributed by atoms with E-state index in [2.05, 4.69) is 20.5 Å². The molecule has 1 aliphatic carbocycles. The maximum atomic E-state index is 11.9. The van der Waals surface area contributed by atoms with Gasteiger partial charge in [0.1, 0.15) is 6.33 Å². The van der Waals surface area contributed by atoms with Crippen molar-refractivity contribution >= 4 is 46.7 Å². The normalized spacial score (nSPS) is 14.2. The summed E-state index contributed by atoms with van der Waals surface area (Å²) in [5.41, 5.74) is 0. The lowest BCUT2D eigenvalue weighted by atomic mass is 10.4. The lowest BCUT2D eigenvalue weighted by molar-refractivity contribution is -0.113. The topological polar surface area (TPSA) is 72.7 Å². The average Bonchev–Trinajstić information content (AvgIpc) is 3.18. The van der Waals surface area contributed by atoms with Gasteiger partial charge in [-0.25, -0.2) is 4.98 Å². The van der Waals surface area contributed by atoms with Crippen molar-refractivity contribution in [2.24, 2.45) is 0 Å². The first kappa shape index (κ1) is 14.6. The number of aromatic nitrogens is 4. The van der Waals surface area contributed by atoms with E-state index in [1.807, 2.05) is 4.57 Å². The highest BCUT2D eigenvalue weighted by Gasteiger charge is 2.26. The van der Waals surface area contributed by atoms with Crippen LogP contribution in [0.2, 0.25) is 10.0 Å². The summed E-state index contributed by atoms with van der Waals surface area (Å²) >= 11 is 13.0. The highest BCUT2D eigenvalue weighted by atomic mass is 35.5. The van der Waals surface area contributed by atoms with Crippen molar-refractivity contribution in [3.63, 3.8) is 0 Å². The van der Waals surface area contributed by atoms with Crippen LogP contribution in [0.4, 0.5) is 5.82 Å². The number of hydrogen-bond acceptors (Lipinski definition) is 5. The van der Waals surface area contributed by atoms with Crippen LogP contribution in [0.25, 0.3) is 0 Å². The summed E-state index contributed by atoms with van der Waals surface area (Å²) in [7, 11) is 0. The minimum atomic E-state index is -0.206. The lowest BCUT2D eigenvalue weighted by Gasteiger charge is -2.06. The van der Waals surface area contributed by atoms with Crippen LogP contribution >= 0.6 is 35.0 Å². The molecule has 1 N–H and O–H groups in total. The van der Waals surface area contributed by atoms with Gasteiger partial charge in [0.25, 0.3) is 0 Å². The standard InChI is InChI=1S/C12H11Cl2N5OS/c13-7-3-9(14)11(15-4-7)17-10(20)5-21-12-18-16-6-19(12)8-1-2-8/h3-4,6,8H,1-2,5H2,(H,15,17,20). The number of carbonyl (C=O) groups is 1. The third-order valence-corrected chi connectivity index (χ3v) is 4.33. The van der Waals surface area contributed by atoms with Crippen LogP contribution in [0.1, 0.15) is 18.9 Å². The molecule has 2 aromatic rings. The second kappa shape index (κ2) is 6.21. The molecule has 0 saturated heterocycles. The molecule has 9 heteroatoms. The number of amides is 1. The summed E-state index contributed by atoms with van der Waals surface area (Å²) in [6.45, 7) is 0. The zero-order valence-electron chi connectivity index (χ0n) is 10.8. The van der Waals surface area contributed by atoms with Gasteiger partial charge in [-0.2, -0.15) is 0 Å². The van der Waals surface area contributed by atoms with Gasteiger partial charge in [0.2, 0.25) is 5.91 Å². The Labute approximate surface area is 135 Å². The second-order valence-corrected chi connectivity index (χ2v) is 6.36. The molecule has 0 atom stereocenters. The Bertz CT molecular complexity index is 673. The Balaban J connectivity index is 1.57. The van der Waals surface area contributed by atoms with Crippen LogP contribution < -0.4 is 5.32 Å². The second-order valence-electron chi connectivity index (χ2n) is 4.57. The fourth-order valence-electron chi connectivity index (χ4n) is 1.74. The zero-order valence-corrected chi connectivity index (χ0v) is 13.1. The monoisotopic (exact) mass is 343 g/mol. The van der Waals surface area contributed by atoms with E-state index in [0.717, 1.165) is 18.0 Å². The Kier molecular flexibility index (Phi) is 4.32. The van der Waals surface area contributed by atoms with E-state index in [4.69, 9.17) is 23.2 Å². The Morgan fingerprint density at radius 2 is 2.29 bits per heavy atom. The van der Waals surface area contributed by atoms with Crippen molar-refractivity contribution in [3.8, 4) is 0 Å². The molecule has 0 radical (unpaired) electrons. The number of rotatable bonds is 5. The molecular weight excluding hydrogens is 333 g/mol. The molecule has 1 amide bonds. The van der Waals surface area contributed by atoms with E-state index in [0.29, 0.717) is 21.9 Å². The van der Waals surface area contributed by atoms with Crippen molar-refractivity contribution in [2.45, 2.75) is 24.0 Å². The van der Waals surface area contributed by atoms with Crippen LogP contribution in [0.3, 0.4) is 0 Å². The number of thioether (sulfide) groups is 1. The number of pyridine rings is 1. The SMILES string of the molecule is O=C(CSc1nncn1C1CC1)Nc1ncc(Cl)cc1Cl. The molecule has 2 aromatic heterocycles. The molecule has 6 nitrogen and oxygen atoms in total. The maximum absolute atomic E-state index is 11.9. The smallest absolute Gasteiger partial charge is 0.236 e. The van der Waals surface area contributed by atoms with E-state index >= 15 is 0 Å². The van der Waals surface area contributed by atoms with Gasteiger partial charge in [-0.05, 0) is 18.9 Å². The molecule has 1 saturated carbocycles. The van der Waals surface area contributed by atoms with Crippen molar-refractivity contribution in [2.75, 3.05) is 11.1 Å². The first-order chi connectivity index (χ1) is 10.1. The number of anilines is 1. The predicted octanol–water partition coefficient (Wildman–Crippen LogP) is 3.05. The molecular formula is C12H11Cl2N5OS. The van der Waals surface area contributed by atoms with Gasteiger partial charge < -0.3 is 9.88 Å². The van der Waals surface area contributed by atoms with Crippen molar-refractivity contribution in [1.82, 2.24) is 19.7 Å². The highest BCUT2D eigenvalue weighted by molar-refractivity contribution is 7.99. The molecule has 0 aromatic carbocycles. The summed E-state index contributed by atoms with van der Waals surface area (Å²) in [4.78, 5) is 15.9. The zero-order chi connectivity index (χ0) is 14.8. The summed E-state index contributed by atoms with van der Waals surface area (Å²) in [5, 5.41) is 12.0. The van der Waals surface area contributed by atoms with E-state index in [9.17, 15) is 4.79 Å². The van der Waals surface area contributed by atoms with Crippen molar-refractivity contribution in [3.05, 3.63) is 28.6 Å². The number of carbonyl (C=O) groups excluding carboxylic acids is 1. The molecule has 3 rings (SSSR count). The molecule has 21 heavy (non-hydrogen) atoms. The third kappa shape index (κ3) is 3.66. The molecule has 0 spiro atoms. The van der Waals surface area contributed by atoms with Crippen molar-refractivity contribution in [1.29, 1.82) is 0 Å². The largest absolute Gasteiger partial charge is 0.309 e. The van der Waals surface area contributed by atoms with Crippen molar-refractivity contribution < 1.29 is 4.79 Å². The van der Waals surface area contributed by atoms with E-state index in [1.165, 1.54) is 24.0 Å². The molecule has 0 bridgehead atoms. The third-order valence-electron chi connectivity index (χ3n) is 2.88. The van der Waals surface area contributed by atoms with Gasteiger partial charge in [0.05, 0.1) is 15.8 Å². The Morgan fingerprint density at radius 3 is 3.00 bits per heavy atom. The molecule has 1 fully saturated rings. The van der Waals surface area contributed by atoms with Crippen LogP contribution in [0.5, 0.6) is 0 Å². The fraction of sp³-hybridized carbons (Fsp3) is 0.333. The minimum Gasteiger partial charge on any atom is -0.309 e. The van der Waals surface area contributed by atoms with Gasteiger partial charge in [0.15, 0.2) is 11.0 Å². The van der Waals surface area contributed by atoms with Gasteiger partial charge >= 0.3 is 0 Å². The number of nitrogens with zero attached hydrogens (tertiary/aromatic N) is 4. The molecule has 0 aliphatic heterocycles. The average molecular weight is 344 g/mol. The Hall–Kier alpha value is -1.31. The van der Waals surface area contributed by atoms with E-state index in [-0.39, 0.29) is 11.7 Å². The van der Waals surface area contributed by atoms with E-state index in [1.54, 1.807) is 6.33 Å². The molecule has 1 aliphatic rings. The number of hydrogen-bond donors (Lipinski definition) is 1. The minimum absolute atomic E-state index is 0.206. The maximum Gasteiger partial charge on any atom is 0.236 e. The van der Waals surface area contributed by atoms with Crippen LogP contribution in [0, 0.1) is 0 Å². The van der Waals surface area contributed by atoms with Crippen LogP contribution in [-0.4, -0.2) is 31.4 Å². The summed E-state index contributed by atoms with van der Waals surface area (Å²) in [5.74, 6) is 0.309. The molecule has 110 valence electrons. The van der Waals surface area contributed by atoms with Crippen LogP contribution in [0.15, 0.2) is 23.7 Å². The van der Waals surface area contributed by atoms with Gasteiger partial charge in [-0.3, -0.25) is 4.79 Å². The molecule has 2 heterocycles. The summed E-state index contributed by atoms with van der Waals surface area (Å²) < 4.78 is 2.01. The Morgan fingerprint density at radius 1 is 1.48 bits per heavy atom. The first-order valence-corrected chi connectivity index (χ1v) is 8.01. The van der Waals surface area contributed by atoms with E-state index < -0.39 is 0 Å². The van der Waals surface area contributed by atoms with Crippen LogP contribution in [-0.2, 0) is 4.79 Å². The first-order valence-electron chi connectivity index (χ1n) is 6.26. The summed E-state index contributed by atoms with van der Waals surface area (Å²) in [6.07, 6.45) is 5.42. The summed E-state index contributed by atoms with van der Waals surface area (Å²) in [6, 6.07) is 2.01. The molecule has 0 unspecified atom stereocenters. The fourth-order valence-corrected chi connectivity index (χ4v) is 2.95. The quantitative estimate of drug-likeness (QED) is 0.844. The lowest BCUT2D eigenvalue weighted by Crippen LogP contribution is -2.15. The van der Waals surface area contributed by atoms with Gasteiger partial charge in [-0.1, -0.05) is 35.0 Å². The van der Waals surface area contributed by atoms with Gasteiger partial charge in [0, 0.05) is 12.2 Å².